The van der Waals surface area contributed by atoms with E-state index < -0.39 is 0 Å². The van der Waals surface area contributed by atoms with Gasteiger partial charge in [0.1, 0.15) is 0 Å². The third-order valence-corrected chi connectivity index (χ3v) is 2.85. The van der Waals surface area contributed by atoms with Crippen molar-refractivity contribution in [2.24, 2.45) is 14.1 Å². The Morgan fingerprint density at radius 1 is 1.07 bits per heavy atom. The van der Waals surface area contributed by atoms with Gasteiger partial charge in [-0.25, -0.2) is 14.0 Å². The van der Waals surface area contributed by atoms with Gasteiger partial charge in [-0.2, -0.15) is 0 Å². The molecule has 0 unspecified atom stereocenters. The smallest absolute Gasteiger partial charge is 0.259 e. The molecule has 1 heterocycles. The van der Waals surface area contributed by atoms with Crippen LogP contribution >= 0.6 is 12.2 Å². The van der Waals surface area contributed by atoms with Crippen molar-refractivity contribution in [1.82, 2.24) is 13.9 Å². The minimum atomic E-state index is -0.131. The Bertz CT molecular complexity index is 558. The summed E-state index contributed by atoms with van der Waals surface area (Å²) in [5.74, 6) is 0. The SMILES string of the molecule is Cn1c(=O)n(-c2ccccc2)c(=S)n1C. The summed E-state index contributed by atoms with van der Waals surface area (Å²) in [5, 5.41) is 0. The molecule has 2 rings (SSSR count). The minimum absolute atomic E-state index is 0.131. The van der Waals surface area contributed by atoms with E-state index in [4.69, 9.17) is 12.2 Å². The number of hydrogen-bond acceptors (Lipinski definition) is 2. The van der Waals surface area contributed by atoms with E-state index in [2.05, 4.69) is 0 Å². The minimum Gasteiger partial charge on any atom is -0.259 e. The second-order valence-electron chi connectivity index (χ2n) is 3.28. The van der Waals surface area contributed by atoms with Crippen molar-refractivity contribution in [3.63, 3.8) is 0 Å². The molecule has 5 heteroatoms. The molecule has 0 aliphatic rings. The van der Waals surface area contributed by atoms with E-state index >= 15 is 0 Å². The van der Waals surface area contributed by atoms with Gasteiger partial charge in [0.15, 0.2) is 0 Å². The molecule has 2 aromatic rings. The van der Waals surface area contributed by atoms with Crippen molar-refractivity contribution in [2.75, 3.05) is 0 Å². The molecule has 0 fully saturated rings. The first kappa shape index (κ1) is 9.92. The summed E-state index contributed by atoms with van der Waals surface area (Å²) in [6.45, 7) is 0. The van der Waals surface area contributed by atoms with E-state index in [9.17, 15) is 4.79 Å². The van der Waals surface area contributed by atoms with Crippen molar-refractivity contribution >= 4 is 12.2 Å². The predicted octanol–water partition coefficient (Wildman–Crippen LogP) is 1.24. The summed E-state index contributed by atoms with van der Waals surface area (Å²) in [7, 11) is 3.46. The van der Waals surface area contributed by atoms with Crippen LogP contribution in [0.1, 0.15) is 0 Å². The van der Waals surface area contributed by atoms with Crippen LogP contribution in [0.3, 0.4) is 0 Å². The highest BCUT2D eigenvalue weighted by Gasteiger charge is 2.08. The molecule has 0 aliphatic carbocycles. The molecule has 1 aromatic carbocycles. The van der Waals surface area contributed by atoms with Crippen LogP contribution in [-0.2, 0) is 14.1 Å². The molecule has 0 aliphatic heterocycles. The molecule has 0 radical (unpaired) electrons. The largest absolute Gasteiger partial charge is 0.349 e. The summed E-state index contributed by atoms with van der Waals surface area (Å²) in [6, 6.07) is 9.38. The molecule has 78 valence electrons. The van der Waals surface area contributed by atoms with Crippen LogP contribution in [0.4, 0.5) is 0 Å². The number of para-hydroxylation sites is 1. The predicted molar refractivity (Wildman–Crippen MR) is 60.8 cm³/mol. The molecular formula is C10H11N3OS. The lowest BCUT2D eigenvalue weighted by Gasteiger charge is -1.98. The highest BCUT2D eigenvalue weighted by molar-refractivity contribution is 7.71. The Balaban J connectivity index is 2.81. The topological polar surface area (TPSA) is 31.9 Å². The van der Waals surface area contributed by atoms with Crippen molar-refractivity contribution in [1.29, 1.82) is 0 Å². The Kier molecular flexibility index (Phi) is 2.32. The van der Waals surface area contributed by atoms with Gasteiger partial charge in [0.2, 0.25) is 4.77 Å². The first-order chi connectivity index (χ1) is 7.13. The Labute approximate surface area is 92.0 Å². The zero-order chi connectivity index (χ0) is 11.0. The Morgan fingerprint density at radius 3 is 2.13 bits per heavy atom. The van der Waals surface area contributed by atoms with Crippen LogP contribution in [0.15, 0.2) is 35.1 Å². The van der Waals surface area contributed by atoms with Crippen LogP contribution in [0, 0.1) is 4.77 Å². The van der Waals surface area contributed by atoms with Crippen LogP contribution < -0.4 is 5.69 Å². The maximum absolute atomic E-state index is 11.8. The molecular weight excluding hydrogens is 210 g/mol. The zero-order valence-corrected chi connectivity index (χ0v) is 9.36. The van der Waals surface area contributed by atoms with Gasteiger partial charge in [0.25, 0.3) is 0 Å². The molecule has 1 aromatic heterocycles. The molecule has 15 heavy (non-hydrogen) atoms. The molecule has 0 saturated carbocycles. The van der Waals surface area contributed by atoms with E-state index in [1.807, 2.05) is 30.3 Å². The number of aromatic nitrogens is 3. The normalized spacial score (nSPS) is 10.5. The first-order valence-corrected chi connectivity index (χ1v) is 4.94. The van der Waals surface area contributed by atoms with Gasteiger partial charge in [0.05, 0.1) is 5.69 Å². The summed E-state index contributed by atoms with van der Waals surface area (Å²) in [5.41, 5.74) is 0.664. The molecule has 0 amide bonds. The summed E-state index contributed by atoms with van der Waals surface area (Å²) >= 11 is 5.19. The van der Waals surface area contributed by atoms with Crippen molar-refractivity contribution in [3.8, 4) is 5.69 Å². The van der Waals surface area contributed by atoms with Gasteiger partial charge < -0.3 is 0 Å². The van der Waals surface area contributed by atoms with Gasteiger partial charge in [-0.1, -0.05) is 18.2 Å². The van der Waals surface area contributed by atoms with Crippen LogP contribution in [-0.4, -0.2) is 13.9 Å². The van der Waals surface area contributed by atoms with Gasteiger partial charge in [-0.15, -0.1) is 0 Å². The molecule has 0 saturated heterocycles. The van der Waals surface area contributed by atoms with E-state index in [1.165, 1.54) is 9.25 Å². The lowest BCUT2D eigenvalue weighted by atomic mass is 10.3. The van der Waals surface area contributed by atoms with E-state index in [-0.39, 0.29) is 5.69 Å². The van der Waals surface area contributed by atoms with Crippen LogP contribution in [0.5, 0.6) is 0 Å². The Morgan fingerprint density at radius 2 is 1.67 bits per heavy atom. The van der Waals surface area contributed by atoms with E-state index in [1.54, 1.807) is 18.8 Å². The van der Waals surface area contributed by atoms with Crippen LogP contribution in [0.25, 0.3) is 5.69 Å². The number of nitrogens with zero attached hydrogens (tertiary/aromatic N) is 3. The van der Waals surface area contributed by atoms with Gasteiger partial charge in [-0.05, 0) is 24.4 Å². The van der Waals surface area contributed by atoms with Gasteiger partial charge >= 0.3 is 5.69 Å². The second-order valence-corrected chi connectivity index (χ2v) is 3.65. The highest BCUT2D eigenvalue weighted by atomic mass is 32.1. The average Bonchev–Trinajstić information content (AvgIpc) is 2.45. The maximum Gasteiger partial charge on any atom is 0.349 e. The van der Waals surface area contributed by atoms with E-state index in [0.29, 0.717) is 4.77 Å². The molecule has 0 spiro atoms. The first-order valence-electron chi connectivity index (χ1n) is 4.53. The fourth-order valence-electron chi connectivity index (χ4n) is 1.43. The summed E-state index contributed by atoms with van der Waals surface area (Å²) < 4.78 is 5.13. The lowest BCUT2D eigenvalue weighted by Crippen LogP contribution is -2.22. The maximum atomic E-state index is 11.8. The standard InChI is InChI=1S/C10H11N3OS/c1-11-9(14)13(10(15)12(11)2)8-6-4-3-5-7-8/h3-7H,1-2H3. The lowest BCUT2D eigenvalue weighted by molar-refractivity contribution is 0.573. The van der Waals surface area contributed by atoms with Gasteiger partial charge in [0, 0.05) is 14.1 Å². The zero-order valence-electron chi connectivity index (χ0n) is 8.54. The fraction of sp³-hybridized carbons (Fsp3) is 0.200. The molecule has 0 atom stereocenters. The highest BCUT2D eigenvalue weighted by Crippen LogP contribution is 2.04. The third-order valence-electron chi connectivity index (χ3n) is 2.40. The van der Waals surface area contributed by atoms with Crippen molar-refractivity contribution < 1.29 is 0 Å². The quantitative estimate of drug-likeness (QED) is 0.679. The average molecular weight is 221 g/mol. The number of hydrogen-bond donors (Lipinski definition) is 0. The van der Waals surface area contributed by atoms with Crippen LogP contribution in [0.2, 0.25) is 0 Å². The molecule has 0 N–H and O–H groups in total. The van der Waals surface area contributed by atoms with Gasteiger partial charge in [-0.3, -0.25) is 4.68 Å². The Hall–Kier alpha value is -1.62. The number of benzene rings is 1. The van der Waals surface area contributed by atoms with Crippen molar-refractivity contribution in [2.45, 2.75) is 0 Å². The summed E-state index contributed by atoms with van der Waals surface area (Å²) in [4.78, 5) is 11.8. The fourth-order valence-corrected chi connectivity index (χ4v) is 1.73. The third kappa shape index (κ3) is 1.45. The van der Waals surface area contributed by atoms with Crippen molar-refractivity contribution in [3.05, 3.63) is 45.6 Å². The summed E-state index contributed by atoms with van der Waals surface area (Å²) in [6.07, 6.45) is 0. The monoisotopic (exact) mass is 221 g/mol. The molecule has 4 nitrogen and oxygen atoms in total. The number of rotatable bonds is 1. The molecule has 0 bridgehead atoms. The van der Waals surface area contributed by atoms with E-state index in [0.717, 1.165) is 5.69 Å². The second kappa shape index (κ2) is 3.51.